The van der Waals surface area contributed by atoms with Gasteiger partial charge in [-0.3, -0.25) is 67.1 Å². The topological polar surface area (TPSA) is 622 Å². The number of rotatable bonds is 52. The Morgan fingerprint density at radius 3 is 1.17 bits per heavy atom. The van der Waals surface area contributed by atoms with E-state index in [1.807, 2.05) is 0 Å². The van der Waals surface area contributed by atoms with E-state index in [2.05, 4.69) is 99.4 Å². The highest BCUT2D eigenvalue weighted by molar-refractivity contribution is 7.81. The molecule has 0 aliphatic heterocycles. The third kappa shape index (κ3) is 32.6. The van der Waals surface area contributed by atoms with E-state index in [9.17, 15) is 73.2 Å². The summed E-state index contributed by atoms with van der Waals surface area (Å²) in [7, 11) is 0. The Kier molecular flexibility index (Phi) is 42.2. The number of aromatic amines is 1. The van der Waals surface area contributed by atoms with Crippen molar-refractivity contribution in [3.63, 3.8) is 0 Å². The fourth-order valence-electron chi connectivity index (χ4n) is 12.5. The number of unbranched alkanes of at least 4 members (excludes halogenated alkanes) is 2. The van der Waals surface area contributed by atoms with Gasteiger partial charge in [0.15, 0.2) is 0 Å². The summed E-state index contributed by atoms with van der Waals surface area (Å²) in [5.74, 6) is -14.1. The second-order valence-corrected chi connectivity index (χ2v) is 31.6. The van der Waals surface area contributed by atoms with Crippen molar-refractivity contribution in [1.82, 2.24) is 74.1 Å². The lowest BCUT2D eigenvalue weighted by molar-refractivity contribution is -0.138. The molecule has 0 bridgehead atoms. The number of para-hydroxylation sites is 1. The molecule has 658 valence electrons. The average Bonchev–Trinajstić information content (AvgIpc) is 1.67. The van der Waals surface area contributed by atoms with E-state index in [0.717, 1.165) is 13.8 Å². The molecule has 0 radical (unpaired) electrons. The fraction of sp³-hybridized carbons (Fsp3) is 0.500. The number of aromatic hydroxyl groups is 1. The van der Waals surface area contributed by atoms with Gasteiger partial charge >= 0.3 is 0 Å². The van der Waals surface area contributed by atoms with Crippen molar-refractivity contribution in [2.45, 2.75) is 213 Å². The van der Waals surface area contributed by atoms with Gasteiger partial charge in [0, 0.05) is 59.0 Å². The van der Waals surface area contributed by atoms with Crippen LogP contribution in [0, 0.1) is 0 Å². The number of aromatic nitrogens is 1. The van der Waals surface area contributed by atoms with Crippen LogP contribution in [0.3, 0.4) is 0 Å². The number of H-pyrrole nitrogens is 1. The molecule has 0 unspecified atom stereocenters. The minimum atomic E-state index is -1.90. The predicted molar refractivity (Wildman–Crippen MR) is 457 cm³/mol. The van der Waals surface area contributed by atoms with Crippen molar-refractivity contribution in [3.05, 3.63) is 138 Å². The largest absolute Gasteiger partial charge is 0.508 e. The van der Waals surface area contributed by atoms with Gasteiger partial charge in [-0.25, -0.2) is 0 Å². The molecule has 0 fully saturated rings. The number of nitrogens with two attached hydrogens (primary N) is 5. The summed E-state index contributed by atoms with van der Waals surface area (Å²) < 4.78 is -1.51. The quantitative estimate of drug-likeness (QED) is 0.0129. The van der Waals surface area contributed by atoms with E-state index in [0.29, 0.717) is 46.0 Å². The van der Waals surface area contributed by atoms with Crippen LogP contribution in [-0.4, -0.2) is 247 Å². The maximum Gasteiger partial charge on any atom is 0.245 e. The van der Waals surface area contributed by atoms with Gasteiger partial charge in [0.2, 0.25) is 82.7 Å². The molecular weight excluding hydrogens is 1610 g/mol. The second-order valence-electron chi connectivity index (χ2n) is 29.7. The van der Waals surface area contributed by atoms with Gasteiger partial charge in [-0.05, 0) is 146 Å². The second kappa shape index (κ2) is 50.6. The average molecular weight is 1730 g/mol. The molecule has 0 aliphatic carbocycles. The first kappa shape index (κ1) is 100. The van der Waals surface area contributed by atoms with Gasteiger partial charge in [-0.2, -0.15) is 37.9 Å². The Morgan fingerprint density at radius 2 is 0.742 bits per heavy atom. The highest BCUT2D eigenvalue weighted by Gasteiger charge is 2.42. The Labute approximate surface area is 712 Å². The number of aliphatic hydroxyl groups is 3. The number of carbonyl (C=O) groups excluding carboxylic acids is 14. The SMILES string of the molecule is C[C@H](N)C(=O)N[C@@H](CS)C(=O)N[C@@H](Cc1ccc(O)cc1)C(=O)N[C@@H](CCCCN)C(=O)N[C@@H](CCCN)C(=O)N[C@@H](Cc1ccccc1)C(=O)N[C@H](C(=O)N[C@@H](Cc1c[nH]c2ccccc12)C(=O)N[C@@H](CCCCN)C(=O)N[C@H](C(=O)N[C@@H](Cc1ccccc1)C(=O)N[C@H](C(=O)N[C@@H](CO)C(=O)N[C@@H](CS)C(N)=O)[C@@H](C)O)[C@@H](C)O)C(C)(C)S. The first-order chi connectivity index (χ1) is 57.0. The summed E-state index contributed by atoms with van der Waals surface area (Å²) in [4.78, 5) is 202. The molecule has 0 saturated carbocycles. The van der Waals surface area contributed by atoms with Crippen molar-refractivity contribution in [3.8, 4) is 5.75 Å². The molecule has 0 saturated heterocycles. The minimum Gasteiger partial charge on any atom is -0.508 e. The molecule has 0 aliphatic rings. The number of carbonyl (C=O) groups is 14. The lowest BCUT2D eigenvalue weighted by atomic mass is 9.98. The number of hydrogen-bond acceptors (Lipinski definition) is 25. The Morgan fingerprint density at radius 1 is 0.400 bits per heavy atom. The van der Waals surface area contributed by atoms with Crippen LogP contribution in [0.15, 0.2) is 115 Å². The molecule has 37 nitrogen and oxygen atoms in total. The summed E-state index contributed by atoms with van der Waals surface area (Å²) in [6.07, 6.45) is -1.75. The van der Waals surface area contributed by atoms with Crippen molar-refractivity contribution in [1.29, 1.82) is 0 Å². The first-order valence-corrected chi connectivity index (χ1v) is 41.1. The van der Waals surface area contributed by atoms with Crippen molar-refractivity contribution >= 4 is 131 Å². The molecule has 14 amide bonds. The normalized spacial score (nSPS) is 15.4. The lowest BCUT2D eigenvalue weighted by Crippen LogP contribution is -2.64. The monoisotopic (exact) mass is 1730 g/mol. The predicted octanol–water partition coefficient (Wildman–Crippen LogP) is -4.40. The molecule has 40 heteroatoms. The smallest absolute Gasteiger partial charge is 0.245 e. The van der Waals surface area contributed by atoms with Crippen LogP contribution in [0.4, 0.5) is 0 Å². The highest BCUT2D eigenvalue weighted by atomic mass is 32.1. The lowest BCUT2D eigenvalue weighted by Gasteiger charge is -2.33. The van der Waals surface area contributed by atoms with E-state index in [4.69, 9.17) is 41.3 Å². The number of phenols is 1. The number of phenolic OH excluding ortho intramolecular Hbond substituents is 1. The van der Waals surface area contributed by atoms with E-state index in [1.54, 1.807) is 91.1 Å². The molecule has 0 spiro atoms. The zero-order valence-corrected chi connectivity index (χ0v) is 70.4. The van der Waals surface area contributed by atoms with Crippen LogP contribution in [0.2, 0.25) is 0 Å². The van der Waals surface area contributed by atoms with Gasteiger partial charge in [0.1, 0.15) is 84.3 Å². The van der Waals surface area contributed by atoms with Crippen LogP contribution < -0.4 is 97.8 Å². The van der Waals surface area contributed by atoms with Crippen molar-refractivity contribution in [2.24, 2.45) is 28.7 Å². The zero-order chi connectivity index (χ0) is 88.9. The van der Waals surface area contributed by atoms with Crippen LogP contribution >= 0.6 is 37.9 Å². The molecule has 4 aromatic carbocycles. The maximum absolute atomic E-state index is 15.3. The molecule has 1 aromatic heterocycles. The number of nitrogens with one attached hydrogen (secondary N) is 14. The first-order valence-electron chi connectivity index (χ1n) is 39.4. The number of thiol groups is 3. The van der Waals surface area contributed by atoms with E-state index in [-0.39, 0.29) is 101 Å². The summed E-state index contributed by atoms with van der Waals surface area (Å²) in [5.41, 5.74) is 31.4. The minimum absolute atomic E-state index is 0.0295. The summed E-state index contributed by atoms with van der Waals surface area (Å²) in [5, 5.41) is 76.2. The number of primary amides is 1. The number of fused-ring (bicyclic) bond motifs is 1. The summed E-state index contributed by atoms with van der Waals surface area (Å²) >= 11 is 13.0. The van der Waals surface area contributed by atoms with Crippen LogP contribution in [0.25, 0.3) is 10.9 Å². The Hall–Kier alpha value is -10.4. The highest BCUT2D eigenvalue weighted by Crippen LogP contribution is 2.23. The summed E-state index contributed by atoms with van der Waals surface area (Å²) in [6.45, 7) is 6.03. The Bertz CT molecular complexity index is 4220. The third-order valence-electron chi connectivity index (χ3n) is 19.3. The van der Waals surface area contributed by atoms with E-state index in [1.165, 1.54) is 45.0 Å². The zero-order valence-electron chi connectivity index (χ0n) is 67.7. The number of benzene rings is 4. The van der Waals surface area contributed by atoms with Gasteiger partial charge in [0.25, 0.3) is 0 Å². The van der Waals surface area contributed by atoms with Gasteiger partial charge in [-0.1, -0.05) is 91.0 Å². The number of amides is 14. The molecule has 28 N–H and O–H groups in total. The van der Waals surface area contributed by atoms with Crippen LogP contribution in [0.1, 0.15) is 108 Å². The van der Waals surface area contributed by atoms with Crippen LogP contribution in [0.5, 0.6) is 5.75 Å². The van der Waals surface area contributed by atoms with Gasteiger partial charge < -0.3 is 123 Å². The van der Waals surface area contributed by atoms with Gasteiger partial charge in [0.05, 0.1) is 24.9 Å². The molecule has 120 heavy (non-hydrogen) atoms. The molecular formula is C80H117N19O18S3. The summed E-state index contributed by atoms with van der Waals surface area (Å²) in [6, 6.07) is 8.05. The van der Waals surface area contributed by atoms with Crippen molar-refractivity contribution < 1.29 is 87.5 Å². The van der Waals surface area contributed by atoms with E-state index >= 15 is 14.4 Å². The van der Waals surface area contributed by atoms with Gasteiger partial charge in [-0.15, -0.1) is 0 Å². The number of aliphatic hydroxyl groups excluding tert-OH is 3. The standard InChI is InChI=1S/C80H117N19O18S3/c1-43(84)67(105)96-62(42-119)76(114)91-56(37-48-28-30-50(103)31-29-48)71(109)88-53(25-14-16-32-81)68(106)87-55(27-18-34-83)69(107)90-58(36-47-21-10-7-11-22-47)74(112)99-65(80(4,5)120)79(117)93-59(38-49-39-86-52-24-13-12-23-51(49)52)72(110)89-54(26-15-17-33-82)70(108)97-63(44(2)101)77(115)92-57(35-46-19-8-6-9-20-46)73(111)98-64(45(3)102)78(116)94-60(40-100)75(113)95-61(41-118)66(85)104/h6-13,19-24,28-31,39,43-45,53-65,86,100-103,118-120H,14-18,25-27,32-38,40-42,81-84H2,1-5H3,(H2,85,104)(H,87,106)(H,88,109)(H,89,110)(H,90,107)(H,91,114)(H,92,115)(H,93,117)(H,94,116)(H,95,113)(H,96,105)(H,97,108)(H,98,111)(H,99,112)/t43-,44+,45+,53-,54-,55-,56-,57-,58-,59-,60-,61-,62-,63-,64-,65+/m0/s1. The number of hydrogen-bond donors (Lipinski definition) is 26. The third-order valence-corrected chi connectivity index (χ3v) is 20.3. The molecule has 5 aromatic rings. The van der Waals surface area contributed by atoms with Crippen molar-refractivity contribution in [2.75, 3.05) is 37.7 Å². The fourth-order valence-corrected chi connectivity index (χ4v) is 13.2. The Balaban J connectivity index is 1.46. The van der Waals surface area contributed by atoms with Crippen LogP contribution in [-0.2, 0) is 92.8 Å². The molecule has 16 atom stereocenters. The van der Waals surface area contributed by atoms with E-state index < -0.39 is 191 Å². The molecule has 5 rings (SSSR count). The maximum atomic E-state index is 15.3. The molecule has 1 heterocycles.